The molecule has 0 aliphatic rings. The molecule has 0 bridgehead atoms. The van der Waals surface area contributed by atoms with Gasteiger partial charge in [-0.15, -0.1) is 0 Å². The van der Waals surface area contributed by atoms with Gasteiger partial charge >= 0.3 is 0 Å². The maximum absolute atomic E-state index is 12.1. The van der Waals surface area contributed by atoms with Crippen LogP contribution in [-0.4, -0.2) is 18.1 Å². The lowest BCUT2D eigenvalue weighted by Gasteiger charge is -2.11. The van der Waals surface area contributed by atoms with Gasteiger partial charge in [-0.2, -0.15) is 0 Å². The molecule has 8 heteroatoms. The molecule has 2 aromatic carbocycles. The number of anilines is 1. The highest BCUT2D eigenvalue weighted by molar-refractivity contribution is 7.80. The molecular weight excluding hydrogens is 379 g/mol. The Bertz CT molecular complexity index is 748. The minimum absolute atomic E-state index is 0.118. The van der Waals surface area contributed by atoms with E-state index in [4.69, 9.17) is 51.8 Å². The standard InChI is InChI=1S/C15H11Cl3N2O2S/c1-22-13-3-2-11(7-12(13)18)19-15(23)20-14(21)8-4-9(16)6-10(17)5-8/h2-7H,1H3,(H2,19,20,21,23). The number of rotatable bonds is 3. The second-order valence-electron chi connectivity index (χ2n) is 4.42. The largest absolute Gasteiger partial charge is 0.495 e. The van der Waals surface area contributed by atoms with E-state index in [-0.39, 0.29) is 5.11 Å². The number of nitrogens with one attached hydrogen (secondary N) is 2. The first kappa shape index (κ1) is 17.8. The third-order valence-corrected chi connectivity index (χ3v) is 3.70. The maximum atomic E-state index is 12.1. The average Bonchev–Trinajstić information content (AvgIpc) is 2.46. The molecule has 0 radical (unpaired) electrons. The number of methoxy groups -OCH3 is 1. The Balaban J connectivity index is 2.04. The van der Waals surface area contributed by atoms with Crippen molar-refractivity contribution in [3.05, 3.63) is 57.0 Å². The van der Waals surface area contributed by atoms with E-state index in [9.17, 15) is 4.79 Å². The molecule has 0 fully saturated rings. The number of halogens is 3. The molecule has 2 aromatic rings. The van der Waals surface area contributed by atoms with Gasteiger partial charge in [0.2, 0.25) is 0 Å². The van der Waals surface area contributed by atoms with Crippen molar-refractivity contribution in [2.45, 2.75) is 0 Å². The molecule has 0 aliphatic carbocycles. The summed E-state index contributed by atoms with van der Waals surface area (Å²) in [7, 11) is 1.52. The van der Waals surface area contributed by atoms with Crippen LogP contribution in [0.5, 0.6) is 5.75 Å². The highest BCUT2D eigenvalue weighted by Crippen LogP contribution is 2.27. The molecular formula is C15H11Cl3N2O2S. The summed E-state index contributed by atoms with van der Waals surface area (Å²) in [5.74, 6) is 0.118. The molecule has 0 unspecified atom stereocenters. The maximum Gasteiger partial charge on any atom is 0.257 e. The van der Waals surface area contributed by atoms with Crippen molar-refractivity contribution in [1.29, 1.82) is 0 Å². The van der Waals surface area contributed by atoms with Crippen LogP contribution in [-0.2, 0) is 0 Å². The number of amides is 1. The number of thiocarbonyl (C=S) groups is 1. The van der Waals surface area contributed by atoms with Gasteiger partial charge in [-0.25, -0.2) is 0 Å². The molecule has 0 aliphatic heterocycles. The summed E-state index contributed by atoms with van der Waals surface area (Å²) in [6.45, 7) is 0. The zero-order valence-electron chi connectivity index (χ0n) is 11.8. The molecule has 0 saturated heterocycles. The van der Waals surface area contributed by atoms with Gasteiger partial charge in [0.15, 0.2) is 5.11 Å². The van der Waals surface area contributed by atoms with E-state index >= 15 is 0 Å². The first-order chi connectivity index (χ1) is 10.9. The van der Waals surface area contributed by atoms with E-state index in [1.54, 1.807) is 18.2 Å². The van der Waals surface area contributed by atoms with Crippen LogP contribution in [0.1, 0.15) is 10.4 Å². The molecule has 23 heavy (non-hydrogen) atoms. The fraction of sp³-hybridized carbons (Fsp3) is 0.0667. The van der Waals surface area contributed by atoms with Gasteiger partial charge in [-0.1, -0.05) is 34.8 Å². The molecule has 120 valence electrons. The van der Waals surface area contributed by atoms with Gasteiger partial charge in [0.1, 0.15) is 5.75 Å². The van der Waals surface area contributed by atoms with Gasteiger partial charge < -0.3 is 10.1 Å². The number of carbonyl (C=O) groups excluding carboxylic acids is 1. The fourth-order valence-electron chi connectivity index (χ4n) is 1.77. The Morgan fingerprint density at radius 3 is 2.30 bits per heavy atom. The summed E-state index contributed by atoms with van der Waals surface area (Å²) in [4.78, 5) is 12.1. The summed E-state index contributed by atoms with van der Waals surface area (Å²) in [6.07, 6.45) is 0. The van der Waals surface area contributed by atoms with Crippen molar-refractivity contribution in [3.63, 3.8) is 0 Å². The summed E-state index contributed by atoms with van der Waals surface area (Å²) in [6, 6.07) is 9.57. The van der Waals surface area contributed by atoms with Crippen LogP contribution >= 0.6 is 47.0 Å². The number of hydrogen-bond acceptors (Lipinski definition) is 3. The second-order valence-corrected chi connectivity index (χ2v) is 6.10. The Kier molecular flexibility index (Phi) is 6.07. The van der Waals surface area contributed by atoms with Crippen LogP contribution < -0.4 is 15.4 Å². The zero-order valence-corrected chi connectivity index (χ0v) is 14.9. The molecule has 0 saturated carbocycles. The summed E-state index contributed by atoms with van der Waals surface area (Å²) in [5.41, 5.74) is 0.921. The van der Waals surface area contributed by atoms with E-state index in [2.05, 4.69) is 10.6 Å². The predicted octanol–water partition coefficient (Wildman–Crippen LogP) is 4.78. The number of carbonyl (C=O) groups is 1. The van der Waals surface area contributed by atoms with Crippen molar-refractivity contribution >= 4 is 63.7 Å². The molecule has 0 atom stereocenters. The number of benzene rings is 2. The predicted molar refractivity (Wildman–Crippen MR) is 98.2 cm³/mol. The Labute approximate surface area is 153 Å². The number of ether oxygens (including phenoxy) is 1. The number of hydrogen-bond donors (Lipinski definition) is 2. The lowest BCUT2D eigenvalue weighted by molar-refractivity contribution is 0.0977. The summed E-state index contributed by atoms with van der Waals surface area (Å²) >= 11 is 22.9. The SMILES string of the molecule is COc1ccc(NC(=S)NC(=O)c2cc(Cl)cc(Cl)c2)cc1Cl. The molecule has 0 spiro atoms. The minimum atomic E-state index is -0.425. The van der Waals surface area contributed by atoms with E-state index < -0.39 is 5.91 Å². The zero-order chi connectivity index (χ0) is 17.0. The third-order valence-electron chi connectivity index (χ3n) is 2.76. The van der Waals surface area contributed by atoms with Gasteiger partial charge in [0, 0.05) is 21.3 Å². The van der Waals surface area contributed by atoms with Crippen LogP contribution in [0.25, 0.3) is 0 Å². The van der Waals surface area contributed by atoms with Crippen molar-refractivity contribution in [2.75, 3.05) is 12.4 Å². The fourth-order valence-corrected chi connectivity index (χ4v) is 2.76. The van der Waals surface area contributed by atoms with Crippen molar-refractivity contribution in [3.8, 4) is 5.75 Å². The van der Waals surface area contributed by atoms with Gasteiger partial charge in [-0.3, -0.25) is 10.1 Å². The quantitative estimate of drug-likeness (QED) is 0.742. The van der Waals surface area contributed by atoms with E-state index in [1.807, 2.05) is 0 Å². The van der Waals surface area contributed by atoms with Gasteiger partial charge in [0.05, 0.1) is 12.1 Å². The van der Waals surface area contributed by atoms with Crippen molar-refractivity contribution in [1.82, 2.24) is 5.32 Å². The van der Waals surface area contributed by atoms with Gasteiger partial charge in [-0.05, 0) is 48.6 Å². The minimum Gasteiger partial charge on any atom is -0.495 e. The van der Waals surface area contributed by atoms with Crippen molar-refractivity contribution < 1.29 is 9.53 Å². The lowest BCUT2D eigenvalue weighted by Crippen LogP contribution is -2.34. The highest BCUT2D eigenvalue weighted by atomic mass is 35.5. The van der Waals surface area contributed by atoms with Crippen LogP contribution in [0.2, 0.25) is 15.1 Å². The Hall–Kier alpha value is -1.53. The molecule has 1 amide bonds. The first-order valence-electron chi connectivity index (χ1n) is 6.31. The molecule has 4 nitrogen and oxygen atoms in total. The van der Waals surface area contributed by atoms with Gasteiger partial charge in [0.25, 0.3) is 5.91 Å². The van der Waals surface area contributed by atoms with Crippen LogP contribution in [0.4, 0.5) is 5.69 Å². The third kappa shape index (κ3) is 4.97. The second kappa shape index (κ2) is 7.84. The monoisotopic (exact) mass is 388 g/mol. The van der Waals surface area contributed by atoms with Crippen molar-refractivity contribution in [2.24, 2.45) is 0 Å². The summed E-state index contributed by atoms with van der Waals surface area (Å²) in [5, 5.41) is 6.67. The van der Waals surface area contributed by atoms with E-state index in [0.29, 0.717) is 32.1 Å². The Morgan fingerprint density at radius 1 is 1.09 bits per heavy atom. The highest BCUT2D eigenvalue weighted by Gasteiger charge is 2.10. The van der Waals surface area contributed by atoms with Crippen LogP contribution in [0, 0.1) is 0 Å². The first-order valence-corrected chi connectivity index (χ1v) is 7.85. The Morgan fingerprint density at radius 2 is 1.74 bits per heavy atom. The normalized spacial score (nSPS) is 10.1. The van der Waals surface area contributed by atoms with Crippen LogP contribution in [0.15, 0.2) is 36.4 Å². The van der Waals surface area contributed by atoms with E-state index in [1.165, 1.54) is 25.3 Å². The topological polar surface area (TPSA) is 50.4 Å². The van der Waals surface area contributed by atoms with E-state index in [0.717, 1.165) is 0 Å². The average molecular weight is 390 g/mol. The molecule has 0 aromatic heterocycles. The summed E-state index contributed by atoms with van der Waals surface area (Å²) < 4.78 is 5.06. The molecule has 2 rings (SSSR count). The lowest BCUT2D eigenvalue weighted by atomic mass is 10.2. The molecule has 2 N–H and O–H groups in total. The smallest absolute Gasteiger partial charge is 0.257 e. The van der Waals surface area contributed by atoms with Crippen LogP contribution in [0.3, 0.4) is 0 Å². The molecule has 0 heterocycles.